The second-order valence-corrected chi connectivity index (χ2v) is 5.90. The maximum absolute atomic E-state index is 11.5. The summed E-state index contributed by atoms with van der Waals surface area (Å²) in [6, 6.07) is 3.21. The van der Waals surface area contributed by atoms with Gasteiger partial charge in [-0.05, 0) is 41.8 Å². The van der Waals surface area contributed by atoms with Crippen molar-refractivity contribution in [2.75, 3.05) is 24.7 Å². The molecule has 0 aliphatic carbocycles. The van der Waals surface area contributed by atoms with Gasteiger partial charge in [-0.25, -0.2) is 0 Å². The molecule has 0 unspecified atom stereocenters. The lowest BCUT2D eigenvalue weighted by Gasteiger charge is -2.35. The van der Waals surface area contributed by atoms with Crippen LogP contribution in [0.3, 0.4) is 0 Å². The van der Waals surface area contributed by atoms with Gasteiger partial charge in [0.1, 0.15) is 12.1 Å². The second-order valence-electron chi connectivity index (χ2n) is 5.90. The summed E-state index contributed by atoms with van der Waals surface area (Å²) in [4.78, 5) is 27.6. The average molecular weight is 335 g/mol. The molecular weight excluding hydrogens is 314 g/mol. The lowest BCUT2D eigenvalue weighted by atomic mass is 10.0. The van der Waals surface area contributed by atoms with Gasteiger partial charge in [0.05, 0.1) is 0 Å². The molecule has 2 rings (SSSR count). The van der Waals surface area contributed by atoms with E-state index in [0.717, 1.165) is 18.4 Å². The van der Waals surface area contributed by atoms with E-state index in [1.54, 1.807) is 6.07 Å². The van der Waals surface area contributed by atoms with E-state index in [-0.39, 0.29) is 24.0 Å². The Hall–Kier alpha value is -2.48. The Morgan fingerprint density at radius 1 is 1.50 bits per heavy atom. The van der Waals surface area contributed by atoms with Crippen LogP contribution in [0.2, 0.25) is 0 Å². The summed E-state index contributed by atoms with van der Waals surface area (Å²) >= 11 is 0. The molecule has 8 nitrogen and oxygen atoms in total. The van der Waals surface area contributed by atoms with Gasteiger partial charge in [0, 0.05) is 25.8 Å². The predicted molar refractivity (Wildman–Crippen MR) is 88.2 cm³/mol. The monoisotopic (exact) mass is 335 g/mol. The first kappa shape index (κ1) is 17.9. The Bertz CT molecular complexity index is 641. The van der Waals surface area contributed by atoms with Crippen molar-refractivity contribution < 1.29 is 19.6 Å². The van der Waals surface area contributed by atoms with Gasteiger partial charge in [-0.2, -0.15) is 0 Å². The van der Waals surface area contributed by atoms with Gasteiger partial charge in [-0.1, -0.05) is 12.2 Å². The van der Waals surface area contributed by atoms with E-state index in [4.69, 9.17) is 9.84 Å². The van der Waals surface area contributed by atoms with Crippen molar-refractivity contribution in [3.8, 4) is 0 Å². The molecule has 0 bridgehead atoms. The third-order valence-corrected chi connectivity index (χ3v) is 3.80. The summed E-state index contributed by atoms with van der Waals surface area (Å²) in [5.41, 5.74) is 1.44. The van der Waals surface area contributed by atoms with E-state index < -0.39 is 10.9 Å². The van der Waals surface area contributed by atoms with Crippen LogP contribution in [0.5, 0.6) is 0 Å². The Morgan fingerprint density at radius 2 is 2.17 bits per heavy atom. The van der Waals surface area contributed by atoms with Gasteiger partial charge < -0.3 is 24.9 Å². The molecule has 0 saturated carbocycles. The van der Waals surface area contributed by atoms with E-state index in [1.165, 1.54) is 6.07 Å². The van der Waals surface area contributed by atoms with Gasteiger partial charge in [0.25, 0.3) is 0 Å². The highest BCUT2D eigenvalue weighted by Gasteiger charge is 2.29. The molecule has 0 spiro atoms. The van der Waals surface area contributed by atoms with Crippen molar-refractivity contribution in [1.29, 1.82) is 0 Å². The van der Waals surface area contributed by atoms with Crippen LogP contribution in [0, 0.1) is 10.1 Å². The van der Waals surface area contributed by atoms with Crippen LogP contribution in [-0.2, 0) is 16.0 Å². The fourth-order valence-electron chi connectivity index (χ4n) is 2.79. The van der Waals surface area contributed by atoms with E-state index in [1.807, 2.05) is 11.8 Å². The quantitative estimate of drug-likeness (QED) is 0.462. The summed E-state index contributed by atoms with van der Waals surface area (Å²) < 4.78 is 5.37. The van der Waals surface area contributed by atoms with Crippen LogP contribution in [0.25, 0.3) is 0 Å². The minimum Gasteiger partial charge on any atom is -0.481 e. The molecule has 0 atom stereocenters. The molecule has 8 heteroatoms. The molecule has 1 aromatic heterocycles. The van der Waals surface area contributed by atoms with E-state index in [9.17, 15) is 14.9 Å². The van der Waals surface area contributed by atoms with Gasteiger partial charge >= 0.3 is 11.8 Å². The predicted octanol–water partition coefficient (Wildman–Crippen LogP) is 2.18. The van der Waals surface area contributed by atoms with E-state index >= 15 is 0 Å². The van der Waals surface area contributed by atoms with Crippen LogP contribution >= 0.6 is 0 Å². The zero-order chi connectivity index (χ0) is 17.7. The molecule has 1 aliphatic rings. The van der Waals surface area contributed by atoms with Crippen molar-refractivity contribution >= 4 is 17.5 Å². The minimum atomic E-state index is -1.08. The Balaban J connectivity index is 2.41. The summed E-state index contributed by atoms with van der Waals surface area (Å²) in [7, 11) is 0. The van der Waals surface area contributed by atoms with Crippen LogP contribution in [-0.4, -0.2) is 46.8 Å². The zero-order valence-corrected chi connectivity index (χ0v) is 13.6. The second kappa shape index (κ2) is 7.87. The fourth-order valence-corrected chi connectivity index (χ4v) is 2.79. The number of carboxylic acids is 1. The first-order valence-electron chi connectivity index (χ1n) is 7.73. The molecule has 130 valence electrons. The SMILES string of the molecule is C=C(C)CN(c1ccc(CC(=O)O)nc1[N+](=O)[O-])C1CCOCC1. The van der Waals surface area contributed by atoms with Crippen molar-refractivity contribution in [3.05, 3.63) is 40.1 Å². The number of nitrogens with zero attached hydrogens (tertiary/aromatic N) is 3. The van der Waals surface area contributed by atoms with Crippen LogP contribution < -0.4 is 4.90 Å². The van der Waals surface area contributed by atoms with Gasteiger partial charge in [0.2, 0.25) is 0 Å². The molecule has 2 heterocycles. The van der Waals surface area contributed by atoms with Crippen LogP contribution in [0.4, 0.5) is 11.5 Å². The van der Waals surface area contributed by atoms with Gasteiger partial charge in [-0.3, -0.25) is 4.79 Å². The number of anilines is 1. The standard InChI is InChI=1S/C16H21N3O5/c1-11(2)10-18(13-5-7-24-8-6-13)14-4-3-12(9-15(20)21)17-16(14)19(22)23/h3-4,13H,1,5-10H2,2H3,(H,20,21). The van der Waals surface area contributed by atoms with Crippen molar-refractivity contribution in [2.24, 2.45) is 0 Å². The van der Waals surface area contributed by atoms with Gasteiger partial charge in [0.15, 0.2) is 5.69 Å². The summed E-state index contributed by atoms with van der Waals surface area (Å²) in [6.45, 7) is 7.46. The van der Waals surface area contributed by atoms with E-state index in [0.29, 0.717) is 25.4 Å². The lowest BCUT2D eigenvalue weighted by Crippen LogP contribution is -2.41. The molecule has 24 heavy (non-hydrogen) atoms. The normalized spacial score (nSPS) is 15.0. The molecule has 1 saturated heterocycles. The number of aromatic nitrogens is 1. The third kappa shape index (κ3) is 4.51. The Kier molecular flexibility index (Phi) is 5.86. The fraction of sp³-hybridized carbons (Fsp3) is 0.500. The summed E-state index contributed by atoms with van der Waals surface area (Å²) in [5.74, 6) is -1.39. The molecule has 0 amide bonds. The molecule has 0 aromatic carbocycles. The summed E-state index contributed by atoms with van der Waals surface area (Å²) in [6.07, 6.45) is 1.18. The van der Waals surface area contributed by atoms with Crippen molar-refractivity contribution in [1.82, 2.24) is 4.98 Å². The number of hydrogen-bond donors (Lipinski definition) is 1. The average Bonchev–Trinajstić information content (AvgIpc) is 2.53. The highest BCUT2D eigenvalue weighted by Crippen LogP contribution is 2.31. The van der Waals surface area contributed by atoms with Crippen molar-refractivity contribution in [3.63, 3.8) is 0 Å². The number of pyridine rings is 1. The highest BCUT2D eigenvalue weighted by atomic mass is 16.6. The maximum atomic E-state index is 11.5. The number of aliphatic carboxylic acids is 1. The van der Waals surface area contributed by atoms with Crippen molar-refractivity contribution in [2.45, 2.75) is 32.2 Å². The number of carbonyl (C=O) groups is 1. The molecule has 1 fully saturated rings. The third-order valence-electron chi connectivity index (χ3n) is 3.80. The number of hydrogen-bond acceptors (Lipinski definition) is 6. The Labute approximate surface area is 139 Å². The number of ether oxygens (including phenoxy) is 1. The highest BCUT2D eigenvalue weighted by molar-refractivity contribution is 5.70. The number of nitro groups is 1. The minimum absolute atomic E-state index is 0.0984. The smallest absolute Gasteiger partial charge is 0.387 e. The molecule has 1 aliphatic heterocycles. The Morgan fingerprint density at radius 3 is 2.71 bits per heavy atom. The number of rotatable bonds is 7. The van der Waals surface area contributed by atoms with Gasteiger partial charge in [-0.15, -0.1) is 0 Å². The topological polar surface area (TPSA) is 106 Å². The molecule has 1 N–H and O–H groups in total. The first-order valence-corrected chi connectivity index (χ1v) is 7.73. The molecule has 1 aromatic rings. The zero-order valence-electron chi connectivity index (χ0n) is 13.6. The maximum Gasteiger partial charge on any atom is 0.387 e. The van der Waals surface area contributed by atoms with Crippen LogP contribution in [0.15, 0.2) is 24.3 Å². The number of carboxylic acid groups (broad SMARTS) is 1. The molecule has 0 radical (unpaired) electrons. The first-order chi connectivity index (χ1) is 11.4. The largest absolute Gasteiger partial charge is 0.481 e. The molecular formula is C16H21N3O5. The van der Waals surface area contributed by atoms with Crippen LogP contribution in [0.1, 0.15) is 25.5 Å². The lowest BCUT2D eigenvalue weighted by molar-refractivity contribution is -0.388. The van der Waals surface area contributed by atoms with E-state index in [2.05, 4.69) is 11.6 Å². The summed E-state index contributed by atoms with van der Waals surface area (Å²) in [5, 5.41) is 20.3.